The van der Waals surface area contributed by atoms with Crippen molar-refractivity contribution in [2.75, 3.05) is 5.32 Å². The van der Waals surface area contributed by atoms with E-state index in [0.29, 0.717) is 22.6 Å². The second kappa shape index (κ2) is 5.22. The summed E-state index contributed by atoms with van der Waals surface area (Å²) in [6.07, 6.45) is 5.81. The van der Waals surface area contributed by atoms with Crippen LogP contribution in [0.15, 0.2) is 29.0 Å². The van der Waals surface area contributed by atoms with E-state index in [2.05, 4.69) is 26.2 Å². The summed E-state index contributed by atoms with van der Waals surface area (Å²) < 4.78 is 2.92. The molecule has 104 valence electrons. The van der Waals surface area contributed by atoms with Gasteiger partial charge in [0.2, 0.25) is 0 Å². The van der Waals surface area contributed by atoms with Crippen molar-refractivity contribution in [3.63, 3.8) is 0 Å². The number of hydrogen-bond donors (Lipinski definition) is 1. The number of anilines is 1. The first-order chi connectivity index (χ1) is 9.56. The van der Waals surface area contributed by atoms with Crippen LogP contribution in [0.4, 0.5) is 5.69 Å². The zero-order valence-electron chi connectivity index (χ0n) is 10.9. The van der Waals surface area contributed by atoms with Crippen LogP contribution in [-0.4, -0.2) is 15.5 Å². The molecule has 0 unspecified atom stereocenters. The second-order valence-electron chi connectivity index (χ2n) is 4.93. The molecule has 1 saturated carbocycles. The molecule has 2 aromatic heterocycles. The third-order valence-corrected chi connectivity index (χ3v) is 4.06. The summed E-state index contributed by atoms with van der Waals surface area (Å²) in [6, 6.07) is 4.08. The first-order valence-electron chi connectivity index (χ1n) is 6.36. The van der Waals surface area contributed by atoms with Gasteiger partial charge in [-0.2, -0.15) is 0 Å². The third-order valence-electron chi connectivity index (χ3n) is 3.34. The molecule has 1 fully saturated rings. The molecule has 2 heterocycles. The van der Waals surface area contributed by atoms with Crippen molar-refractivity contribution in [2.45, 2.75) is 25.8 Å². The molecule has 1 aliphatic carbocycles. The van der Waals surface area contributed by atoms with Gasteiger partial charge in [-0.05, 0) is 53.4 Å². The maximum Gasteiger partial charge on any atom is 0.272 e. The van der Waals surface area contributed by atoms with Crippen LogP contribution in [0.5, 0.6) is 0 Å². The number of aromatic nitrogens is 2. The maximum atomic E-state index is 12.4. The second-order valence-corrected chi connectivity index (χ2v) is 6.20. The lowest BCUT2D eigenvalue weighted by Gasteiger charge is -2.11. The van der Waals surface area contributed by atoms with E-state index in [9.17, 15) is 4.79 Å². The Morgan fingerprint density at radius 1 is 1.55 bits per heavy atom. The summed E-state index contributed by atoms with van der Waals surface area (Å²) in [4.78, 5) is 16.4. The van der Waals surface area contributed by atoms with Crippen LogP contribution in [0.25, 0.3) is 0 Å². The Morgan fingerprint density at radius 3 is 2.95 bits per heavy atom. The van der Waals surface area contributed by atoms with Crippen LogP contribution in [0.1, 0.15) is 34.9 Å². The van der Waals surface area contributed by atoms with Crippen molar-refractivity contribution in [2.24, 2.45) is 0 Å². The molecule has 1 amide bonds. The highest BCUT2D eigenvalue weighted by molar-refractivity contribution is 9.10. The minimum Gasteiger partial charge on any atom is -0.339 e. The summed E-state index contributed by atoms with van der Waals surface area (Å²) in [5, 5.41) is 3.16. The van der Waals surface area contributed by atoms with Gasteiger partial charge in [-0.25, -0.2) is 4.98 Å². The summed E-state index contributed by atoms with van der Waals surface area (Å²) in [6.45, 7) is 1.89. The summed E-state index contributed by atoms with van der Waals surface area (Å²) in [7, 11) is 0. The van der Waals surface area contributed by atoms with E-state index in [-0.39, 0.29) is 5.91 Å². The Bertz CT molecular complexity index is 659. The summed E-state index contributed by atoms with van der Waals surface area (Å²) >= 11 is 9.46. The highest BCUT2D eigenvalue weighted by Gasteiger charge is 2.28. The first-order valence-corrected chi connectivity index (χ1v) is 7.53. The fraction of sp³-hybridized carbons (Fsp3) is 0.286. The molecular weight excluding hydrogens is 342 g/mol. The molecule has 4 nitrogen and oxygen atoms in total. The van der Waals surface area contributed by atoms with E-state index in [1.54, 1.807) is 6.20 Å². The van der Waals surface area contributed by atoms with Crippen LogP contribution < -0.4 is 5.32 Å². The first kappa shape index (κ1) is 13.6. The van der Waals surface area contributed by atoms with E-state index in [1.807, 2.05) is 29.8 Å². The van der Waals surface area contributed by atoms with E-state index < -0.39 is 0 Å². The van der Waals surface area contributed by atoms with Crippen molar-refractivity contribution in [3.05, 3.63) is 45.4 Å². The molecule has 0 aliphatic heterocycles. The Morgan fingerprint density at radius 2 is 2.30 bits per heavy atom. The van der Waals surface area contributed by atoms with Gasteiger partial charge in [-0.15, -0.1) is 0 Å². The molecule has 0 aromatic carbocycles. The van der Waals surface area contributed by atoms with Gasteiger partial charge in [0.25, 0.3) is 5.91 Å². The van der Waals surface area contributed by atoms with Crippen molar-refractivity contribution < 1.29 is 4.79 Å². The van der Waals surface area contributed by atoms with Crippen LogP contribution in [0, 0.1) is 6.92 Å². The van der Waals surface area contributed by atoms with Gasteiger partial charge in [0.05, 0.1) is 5.69 Å². The molecule has 6 heteroatoms. The van der Waals surface area contributed by atoms with E-state index in [4.69, 9.17) is 11.6 Å². The zero-order valence-corrected chi connectivity index (χ0v) is 13.2. The van der Waals surface area contributed by atoms with Gasteiger partial charge in [-0.1, -0.05) is 11.6 Å². The summed E-state index contributed by atoms with van der Waals surface area (Å²) in [5.74, 6) is -0.166. The standard InChI is InChI=1S/C14H13BrClN3O/c1-8-4-5-17-13(16)12(8)18-14(20)11-6-9(15)7-19(11)10-2-3-10/h4-7,10H,2-3H2,1H3,(H,18,20). The smallest absolute Gasteiger partial charge is 0.272 e. The number of carbonyl (C=O) groups is 1. The maximum absolute atomic E-state index is 12.4. The van der Waals surface area contributed by atoms with Crippen LogP contribution in [0.2, 0.25) is 5.15 Å². The van der Waals surface area contributed by atoms with Gasteiger partial charge in [-0.3, -0.25) is 4.79 Å². The highest BCUT2D eigenvalue weighted by atomic mass is 79.9. The fourth-order valence-electron chi connectivity index (χ4n) is 2.14. The molecule has 1 N–H and O–H groups in total. The minimum atomic E-state index is -0.166. The number of aryl methyl sites for hydroxylation is 1. The van der Waals surface area contributed by atoms with Crippen molar-refractivity contribution in [3.8, 4) is 0 Å². The van der Waals surface area contributed by atoms with Crippen molar-refractivity contribution in [1.29, 1.82) is 0 Å². The Labute approximate surface area is 130 Å². The molecule has 0 bridgehead atoms. The minimum absolute atomic E-state index is 0.166. The van der Waals surface area contributed by atoms with Crippen LogP contribution in [-0.2, 0) is 0 Å². The molecular formula is C14H13BrClN3O. The molecule has 1 aliphatic rings. The number of amides is 1. The zero-order chi connectivity index (χ0) is 14.3. The fourth-order valence-corrected chi connectivity index (χ4v) is 2.83. The predicted molar refractivity (Wildman–Crippen MR) is 82.3 cm³/mol. The number of halogens is 2. The van der Waals surface area contributed by atoms with E-state index >= 15 is 0 Å². The molecule has 20 heavy (non-hydrogen) atoms. The molecule has 3 rings (SSSR count). The Hall–Kier alpha value is -1.33. The topological polar surface area (TPSA) is 46.9 Å². The number of carbonyl (C=O) groups excluding carboxylic acids is 1. The van der Waals surface area contributed by atoms with Crippen molar-refractivity contribution in [1.82, 2.24) is 9.55 Å². The van der Waals surface area contributed by atoms with E-state index in [1.165, 1.54) is 0 Å². The van der Waals surface area contributed by atoms with Gasteiger partial charge < -0.3 is 9.88 Å². The lowest BCUT2D eigenvalue weighted by atomic mass is 10.2. The Kier molecular flexibility index (Phi) is 3.56. The predicted octanol–water partition coefficient (Wildman–Crippen LogP) is 4.19. The molecule has 0 atom stereocenters. The average Bonchev–Trinajstić information content (AvgIpc) is 3.17. The van der Waals surface area contributed by atoms with Gasteiger partial charge in [0.15, 0.2) is 5.15 Å². The Balaban J connectivity index is 1.90. The molecule has 0 saturated heterocycles. The monoisotopic (exact) mass is 353 g/mol. The molecule has 0 radical (unpaired) electrons. The largest absolute Gasteiger partial charge is 0.339 e. The van der Waals surface area contributed by atoms with Gasteiger partial charge in [0, 0.05) is 22.9 Å². The quantitative estimate of drug-likeness (QED) is 0.840. The van der Waals surface area contributed by atoms with Gasteiger partial charge >= 0.3 is 0 Å². The third kappa shape index (κ3) is 2.60. The summed E-state index contributed by atoms with van der Waals surface area (Å²) in [5.41, 5.74) is 2.10. The van der Waals surface area contributed by atoms with Crippen LogP contribution in [0.3, 0.4) is 0 Å². The number of pyridine rings is 1. The normalized spacial score (nSPS) is 14.3. The van der Waals surface area contributed by atoms with E-state index in [0.717, 1.165) is 22.9 Å². The average molecular weight is 355 g/mol. The number of hydrogen-bond acceptors (Lipinski definition) is 2. The molecule has 0 spiro atoms. The lowest BCUT2D eigenvalue weighted by Crippen LogP contribution is -2.17. The number of nitrogens with zero attached hydrogens (tertiary/aromatic N) is 2. The SMILES string of the molecule is Cc1ccnc(Cl)c1NC(=O)c1cc(Br)cn1C1CC1. The van der Waals surface area contributed by atoms with Gasteiger partial charge in [0.1, 0.15) is 5.69 Å². The van der Waals surface area contributed by atoms with Crippen molar-refractivity contribution >= 4 is 39.1 Å². The van der Waals surface area contributed by atoms with Crippen LogP contribution >= 0.6 is 27.5 Å². The highest BCUT2D eigenvalue weighted by Crippen LogP contribution is 2.37. The number of nitrogens with one attached hydrogen (secondary N) is 1. The lowest BCUT2D eigenvalue weighted by molar-refractivity contribution is 0.101. The molecule has 2 aromatic rings. The number of rotatable bonds is 3.